The van der Waals surface area contributed by atoms with Crippen LogP contribution in [0.15, 0.2) is 22.7 Å². The Morgan fingerprint density at radius 1 is 1.32 bits per heavy atom. The molecule has 3 atom stereocenters. The summed E-state index contributed by atoms with van der Waals surface area (Å²) < 4.78 is 14.4. The van der Waals surface area contributed by atoms with E-state index in [1.807, 2.05) is 13.1 Å². The van der Waals surface area contributed by atoms with Gasteiger partial charge in [0.25, 0.3) is 0 Å². The molecule has 1 aromatic carbocycles. The highest BCUT2D eigenvalue weighted by molar-refractivity contribution is 9.10. The number of halogens is 2. The Kier molecular flexibility index (Phi) is 5.40. The van der Waals surface area contributed by atoms with Crippen molar-refractivity contribution in [1.82, 2.24) is 5.32 Å². The van der Waals surface area contributed by atoms with E-state index in [0.29, 0.717) is 5.92 Å². The lowest BCUT2D eigenvalue weighted by Gasteiger charge is -2.35. The molecule has 0 aliphatic heterocycles. The molecular weight excluding hydrogens is 305 g/mol. The van der Waals surface area contributed by atoms with E-state index in [2.05, 4.69) is 28.2 Å². The third kappa shape index (κ3) is 4.03. The fraction of sp³-hybridized carbons (Fsp3) is 0.625. The van der Waals surface area contributed by atoms with Crippen molar-refractivity contribution in [1.29, 1.82) is 0 Å². The number of hydrogen-bond acceptors (Lipinski definition) is 1. The summed E-state index contributed by atoms with van der Waals surface area (Å²) >= 11 is 3.55. The van der Waals surface area contributed by atoms with Crippen molar-refractivity contribution >= 4 is 15.9 Å². The highest BCUT2D eigenvalue weighted by Crippen LogP contribution is 2.36. The lowest BCUT2D eigenvalue weighted by Crippen LogP contribution is -2.32. The van der Waals surface area contributed by atoms with Gasteiger partial charge in [0.05, 0.1) is 0 Å². The van der Waals surface area contributed by atoms with Gasteiger partial charge in [-0.15, -0.1) is 0 Å². The summed E-state index contributed by atoms with van der Waals surface area (Å²) in [5, 5.41) is 3.31. The Morgan fingerprint density at radius 2 is 2.11 bits per heavy atom. The third-order valence-corrected chi connectivity index (χ3v) is 5.13. The van der Waals surface area contributed by atoms with E-state index in [1.54, 1.807) is 6.07 Å². The van der Waals surface area contributed by atoms with Crippen LogP contribution in [0, 0.1) is 23.6 Å². The lowest BCUT2D eigenvalue weighted by atomic mass is 9.72. The Labute approximate surface area is 124 Å². The highest BCUT2D eigenvalue weighted by atomic mass is 79.9. The van der Waals surface area contributed by atoms with Crippen LogP contribution in [0.5, 0.6) is 0 Å². The molecule has 0 amide bonds. The SMILES string of the molecule is CNCC1CCC(C)CC1Cc1cc(F)ccc1Br. The molecule has 106 valence electrons. The van der Waals surface area contributed by atoms with Gasteiger partial charge < -0.3 is 5.32 Å². The molecule has 1 saturated carbocycles. The standard InChI is InChI=1S/C16H23BrFN/c1-11-3-4-12(10-19-2)13(7-11)8-14-9-15(18)5-6-16(14)17/h5-6,9,11-13,19H,3-4,7-8,10H2,1-2H3. The molecule has 1 nitrogen and oxygen atoms in total. The van der Waals surface area contributed by atoms with Crippen LogP contribution in [-0.4, -0.2) is 13.6 Å². The van der Waals surface area contributed by atoms with Gasteiger partial charge in [0.2, 0.25) is 0 Å². The second-order valence-electron chi connectivity index (χ2n) is 5.94. The van der Waals surface area contributed by atoms with Crippen LogP contribution in [0.25, 0.3) is 0 Å². The Balaban J connectivity index is 2.11. The largest absolute Gasteiger partial charge is 0.319 e. The first-order chi connectivity index (χ1) is 9.10. The first-order valence-corrected chi connectivity index (χ1v) is 7.98. The molecule has 0 bridgehead atoms. The van der Waals surface area contributed by atoms with Crippen molar-refractivity contribution < 1.29 is 4.39 Å². The van der Waals surface area contributed by atoms with Crippen molar-refractivity contribution in [2.45, 2.75) is 32.6 Å². The monoisotopic (exact) mass is 327 g/mol. The Bertz CT molecular complexity index is 421. The van der Waals surface area contributed by atoms with Crippen LogP contribution in [0.2, 0.25) is 0 Å². The lowest BCUT2D eigenvalue weighted by molar-refractivity contribution is 0.186. The number of hydrogen-bond donors (Lipinski definition) is 1. The number of rotatable bonds is 4. The van der Waals surface area contributed by atoms with Gasteiger partial charge in [-0.1, -0.05) is 29.3 Å². The van der Waals surface area contributed by atoms with Crippen LogP contribution in [0.1, 0.15) is 31.7 Å². The van der Waals surface area contributed by atoms with Crippen LogP contribution in [0.3, 0.4) is 0 Å². The van der Waals surface area contributed by atoms with E-state index in [-0.39, 0.29) is 5.82 Å². The predicted octanol–water partition coefficient (Wildman–Crippen LogP) is 4.40. The smallest absolute Gasteiger partial charge is 0.123 e. The molecule has 1 aliphatic rings. The molecule has 19 heavy (non-hydrogen) atoms. The maximum Gasteiger partial charge on any atom is 0.123 e. The van der Waals surface area contributed by atoms with Gasteiger partial charge in [-0.25, -0.2) is 4.39 Å². The van der Waals surface area contributed by atoms with Gasteiger partial charge in [0, 0.05) is 4.47 Å². The molecular formula is C16H23BrFN. The molecule has 0 aromatic heterocycles. The molecule has 0 saturated heterocycles. The minimum atomic E-state index is -0.132. The molecule has 0 spiro atoms. The van der Waals surface area contributed by atoms with Crippen LogP contribution in [-0.2, 0) is 6.42 Å². The number of nitrogens with one attached hydrogen (secondary N) is 1. The van der Waals surface area contributed by atoms with Crippen LogP contribution in [0.4, 0.5) is 4.39 Å². The van der Waals surface area contributed by atoms with E-state index in [0.717, 1.165) is 34.8 Å². The van der Waals surface area contributed by atoms with Gasteiger partial charge in [0.15, 0.2) is 0 Å². The summed E-state index contributed by atoms with van der Waals surface area (Å²) in [6.07, 6.45) is 4.86. The summed E-state index contributed by atoms with van der Waals surface area (Å²) in [6, 6.07) is 5.02. The average molecular weight is 328 g/mol. The summed E-state index contributed by atoms with van der Waals surface area (Å²) in [5.41, 5.74) is 1.11. The van der Waals surface area contributed by atoms with E-state index in [4.69, 9.17) is 0 Å². The average Bonchev–Trinajstić information content (AvgIpc) is 2.37. The predicted molar refractivity (Wildman–Crippen MR) is 81.7 cm³/mol. The zero-order valence-electron chi connectivity index (χ0n) is 11.8. The first kappa shape index (κ1) is 15.0. The maximum absolute atomic E-state index is 13.4. The molecule has 2 rings (SSSR count). The maximum atomic E-state index is 13.4. The van der Waals surface area contributed by atoms with Crippen molar-refractivity contribution in [2.24, 2.45) is 17.8 Å². The summed E-state index contributed by atoms with van der Waals surface area (Å²) in [4.78, 5) is 0. The quantitative estimate of drug-likeness (QED) is 0.864. The van der Waals surface area contributed by atoms with Crippen LogP contribution < -0.4 is 5.32 Å². The van der Waals surface area contributed by atoms with Crippen molar-refractivity contribution in [3.63, 3.8) is 0 Å². The Morgan fingerprint density at radius 3 is 2.84 bits per heavy atom. The molecule has 1 aliphatic carbocycles. The molecule has 1 aromatic rings. The highest BCUT2D eigenvalue weighted by Gasteiger charge is 2.28. The summed E-state index contributed by atoms with van der Waals surface area (Å²) in [6.45, 7) is 3.41. The molecule has 1 fully saturated rings. The topological polar surface area (TPSA) is 12.0 Å². The molecule has 0 heterocycles. The third-order valence-electron chi connectivity index (χ3n) is 4.36. The first-order valence-electron chi connectivity index (χ1n) is 7.18. The van der Waals surface area contributed by atoms with Crippen molar-refractivity contribution in [3.8, 4) is 0 Å². The second kappa shape index (κ2) is 6.85. The van der Waals surface area contributed by atoms with Gasteiger partial charge in [-0.2, -0.15) is 0 Å². The molecule has 0 radical (unpaired) electrons. The van der Waals surface area contributed by atoms with Gasteiger partial charge in [-0.05, 0) is 74.4 Å². The second-order valence-corrected chi connectivity index (χ2v) is 6.79. The fourth-order valence-corrected chi connectivity index (χ4v) is 3.73. The zero-order valence-corrected chi connectivity index (χ0v) is 13.3. The molecule has 3 heteroatoms. The summed E-state index contributed by atoms with van der Waals surface area (Å²) in [5.74, 6) is 2.04. The van der Waals surface area contributed by atoms with Gasteiger partial charge in [0.1, 0.15) is 5.82 Å². The van der Waals surface area contributed by atoms with Crippen LogP contribution >= 0.6 is 15.9 Å². The van der Waals surface area contributed by atoms with E-state index < -0.39 is 0 Å². The van der Waals surface area contributed by atoms with Gasteiger partial charge in [-0.3, -0.25) is 0 Å². The summed E-state index contributed by atoms with van der Waals surface area (Å²) in [7, 11) is 2.02. The zero-order chi connectivity index (χ0) is 13.8. The minimum Gasteiger partial charge on any atom is -0.319 e. The van der Waals surface area contributed by atoms with Crippen molar-refractivity contribution in [3.05, 3.63) is 34.1 Å². The minimum absolute atomic E-state index is 0.132. The van der Waals surface area contributed by atoms with E-state index in [9.17, 15) is 4.39 Å². The number of benzene rings is 1. The molecule has 1 N–H and O–H groups in total. The Hall–Kier alpha value is -0.410. The van der Waals surface area contributed by atoms with Crippen molar-refractivity contribution in [2.75, 3.05) is 13.6 Å². The van der Waals surface area contributed by atoms with E-state index in [1.165, 1.54) is 25.3 Å². The fourth-order valence-electron chi connectivity index (χ4n) is 3.32. The van der Waals surface area contributed by atoms with Gasteiger partial charge >= 0.3 is 0 Å². The normalized spacial score (nSPS) is 27.5. The molecule has 3 unspecified atom stereocenters. The van der Waals surface area contributed by atoms with E-state index >= 15 is 0 Å².